The molecule has 0 aliphatic rings. The molecular formula is C47H26N4. The molecule has 0 saturated heterocycles. The van der Waals surface area contributed by atoms with E-state index in [0.29, 0.717) is 16.8 Å². The maximum Gasteiger partial charge on any atom is 0.196 e. The summed E-state index contributed by atoms with van der Waals surface area (Å²) in [7, 11) is 0. The van der Waals surface area contributed by atoms with E-state index in [0.717, 1.165) is 82.4 Å². The molecule has 9 rings (SSSR count). The van der Waals surface area contributed by atoms with Crippen LogP contribution >= 0.6 is 0 Å². The van der Waals surface area contributed by atoms with E-state index in [2.05, 4.69) is 131 Å². The highest BCUT2D eigenvalue weighted by molar-refractivity contribution is 6.23. The number of nitrogens with zero attached hydrogens (tertiary/aromatic N) is 4. The molecule has 0 unspecified atom stereocenters. The summed E-state index contributed by atoms with van der Waals surface area (Å²) in [6.07, 6.45) is 0. The molecule has 0 amide bonds. The maximum atomic E-state index is 10.1. The molecule has 8 aromatic carbocycles. The number of aromatic nitrogens is 1. The Morgan fingerprint density at radius 1 is 0.451 bits per heavy atom. The Bertz CT molecular complexity index is 2930. The van der Waals surface area contributed by atoms with Crippen molar-refractivity contribution < 1.29 is 0 Å². The van der Waals surface area contributed by atoms with Gasteiger partial charge in [0.1, 0.15) is 0 Å². The van der Waals surface area contributed by atoms with E-state index in [1.165, 1.54) is 0 Å². The van der Waals surface area contributed by atoms with Crippen LogP contribution in [-0.4, -0.2) is 4.57 Å². The Morgan fingerprint density at radius 2 is 1.02 bits per heavy atom. The van der Waals surface area contributed by atoms with Crippen molar-refractivity contribution in [1.82, 2.24) is 4.57 Å². The first-order chi connectivity index (χ1) is 25.2. The Labute approximate surface area is 294 Å². The zero-order chi connectivity index (χ0) is 34.5. The molecule has 1 aromatic heterocycles. The van der Waals surface area contributed by atoms with Crippen LogP contribution in [0, 0.1) is 29.2 Å². The third-order valence-corrected chi connectivity index (χ3v) is 9.85. The minimum absolute atomic E-state index is 0.437. The molecule has 0 spiro atoms. The summed E-state index contributed by atoms with van der Waals surface area (Å²) >= 11 is 0. The minimum Gasteiger partial charge on any atom is -0.309 e. The lowest BCUT2D eigenvalue weighted by atomic mass is 9.82. The van der Waals surface area contributed by atoms with Crippen LogP contribution in [0.25, 0.3) is 87.3 Å². The van der Waals surface area contributed by atoms with Crippen LogP contribution in [0.2, 0.25) is 0 Å². The average molecular weight is 647 g/mol. The van der Waals surface area contributed by atoms with Crippen molar-refractivity contribution in [2.45, 2.75) is 0 Å². The molecular weight excluding hydrogens is 621 g/mol. The Hall–Kier alpha value is -7.45. The van der Waals surface area contributed by atoms with Crippen molar-refractivity contribution in [3.63, 3.8) is 0 Å². The smallest absolute Gasteiger partial charge is 0.196 e. The molecule has 0 radical (unpaired) electrons. The summed E-state index contributed by atoms with van der Waals surface area (Å²) < 4.78 is 2.22. The Morgan fingerprint density at radius 3 is 1.65 bits per heavy atom. The summed E-state index contributed by atoms with van der Waals surface area (Å²) in [5.74, 6) is 0. The lowest BCUT2D eigenvalue weighted by molar-refractivity contribution is 1.18. The number of benzene rings is 8. The summed E-state index contributed by atoms with van der Waals surface area (Å²) in [4.78, 5) is 4.05. The summed E-state index contributed by atoms with van der Waals surface area (Å²) in [6, 6.07) is 57.9. The van der Waals surface area contributed by atoms with Crippen molar-refractivity contribution in [3.05, 3.63) is 180 Å². The van der Waals surface area contributed by atoms with Gasteiger partial charge in [0.05, 0.1) is 35.3 Å². The zero-order valence-electron chi connectivity index (χ0n) is 27.3. The fourth-order valence-electron chi connectivity index (χ4n) is 7.69. The monoisotopic (exact) mass is 646 g/mol. The lowest BCUT2D eigenvalue weighted by Crippen LogP contribution is -1.96. The average Bonchev–Trinajstić information content (AvgIpc) is 3.53. The van der Waals surface area contributed by atoms with Gasteiger partial charge >= 0.3 is 0 Å². The van der Waals surface area contributed by atoms with E-state index in [9.17, 15) is 10.5 Å². The van der Waals surface area contributed by atoms with Crippen molar-refractivity contribution in [2.24, 2.45) is 0 Å². The van der Waals surface area contributed by atoms with Crippen molar-refractivity contribution in [1.29, 1.82) is 10.5 Å². The van der Waals surface area contributed by atoms with Crippen molar-refractivity contribution in [3.8, 4) is 51.2 Å². The van der Waals surface area contributed by atoms with Gasteiger partial charge in [-0.1, -0.05) is 109 Å². The number of para-hydroxylation sites is 1. The van der Waals surface area contributed by atoms with E-state index in [4.69, 9.17) is 6.57 Å². The SMILES string of the molecule is [C-]#[N+]c1cc(C#N)cc(-c2ccc(-n3c4ccccc4c4cc(C#N)ccc43)cc2)c1-c1c2ccccc2c(-c2ccccc2)c2ccccc12. The molecule has 0 fully saturated rings. The third-order valence-electron chi connectivity index (χ3n) is 9.85. The molecule has 0 N–H and O–H groups in total. The molecule has 0 aliphatic carbocycles. The minimum atomic E-state index is 0.437. The molecule has 51 heavy (non-hydrogen) atoms. The molecule has 0 saturated carbocycles. The number of hydrogen-bond acceptors (Lipinski definition) is 2. The van der Waals surface area contributed by atoms with Crippen LogP contribution < -0.4 is 0 Å². The van der Waals surface area contributed by atoms with E-state index in [1.807, 2.05) is 42.5 Å². The van der Waals surface area contributed by atoms with E-state index in [-0.39, 0.29) is 0 Å². The van der Waals surface area contributed by atoms with Crippen LogP contribution in [0.3, 0.4) is 0 Å². The topological polar surface area (TPSA) is 56.9 Å². The highest BCUT2D eigenvalue weighted by atomic mass is 15.0. The molecule has 1 heterocycles. The van der Waals surface area contributed by atoms with Gasteiger partial charge < -0.3 is 4.57 Å². The summed E-state index contributed by atoms with van der Waals surface area (Å²) in [5, 5.41) is 26.1. The molecule has 0 bridgehead atoms. The molecule has 4 heteroatoms. The first-order valence-corrected chi connectivity index (χ1v) is 16.7. The second-order valence-corrected chi connectivity index (χ2v) is 12.6. The van der Waals surface area contributed by atoms with Gasteiger partial charge in [-0.3, -0.25) is 0 Å². The van der Waals surface area contributed by atoms with Crippen molar-refractivity contribution >= 4 is 49.0 Å². The van der Waals surface area contributed by atoms with Crippen LogP contribution in [0.5, 0.6) is 0 Å². The van der Waals surface area contributed by atoms with Crippen LogP contribution in [0.4, 0.5) is 5.69 Å². The van der Waals surface area contributed by atoms with Crippen molar-refractivity contribution in [2.75, 3.05) is 0 Å². The summed E-state index contributed by atoms with van der Waals surface area (Å²) in [6.45, 7) is 8.36. The first kappa shape index (κ1) is 29.7. The quantitative estimate of drug-likeness (QED) is 0.141. The van der Waals surface area contributed by atoms with Gasteiger partial charge in [-0.2, -0.15) is 10.5 Å². The second kappa shape index (κ2) is 11.9. The van der Waals surface area contributed by atoms with Gasteiger partial charge in [0.15, 0.2) is 5.69 Å². The predicted octanol–water partition coefficient (Wildman–Crippen LogP) is 12.4. The standard InChI is InChI=1S/C47H26N4/c1-50-42-27-31(29-49)26-40(32-20-22-34(23-21-32)51-43-18-10-9-13-35(43)41-25-30(28-48)19-24-44(41)51)47(42)46-38-16-7-5-14-36(38)45(33-11-3-2-4-12-33)37-15-6-8-17-39(37)46/h2-27H. The fourth-order valence-corrected chi connectivity index (χ4v) is 7.69. The highest BCUT2D eigenvalue weighted by Crippen LogP contribution is 2.49. The first-order valence-electron chi connectivity index (χ1n) is 16.7. The second-order valence-electron chi connectivity index (χ2n) is 12.6. The summed E-state index contributed by atoms with van der Waals surface area (Å²) in [5.41, 5.74) is 10.3. The Kier molecular flexibility index (Phi) is 6.93. The lowest BCUT2D eigenvalue weighted by Gasteiger charge is -2.21. The number of hydrogen-bond donors (Lipinski definition) is 0. The molecule has 0 atom stereocenters. The normalized spacial score (nSPS) is 11.1. The maximum absolute atomic E-state index is 10.1. The van der Waals surface area contributed by atoms with Crippen LogP contribution in [0.15, 0.2) is 158 Å². The van der Waals surface area contributed by atoms with E-state index >= 15 is 0 Å². The fraction of sp³-hybridized carbons (Fsp3) is 0. The van der Waals surface area contributed by atoms with Gasteiger partial charge in [-0.05, 0) is 103 Å². The number of fused-ring (bicyclic) bond motifs is 5. The molecule has 4 nitrogen and oxygen atoms in total. The molecule has 9 aromatic rings. The zero-order valence-corrected chi connectivity index (χ0v) is 27.3. The van der Waals surface area contributed by atoms with Gasteiger partial charge in [0.25, 0.3) is 0 Å². The number of rotatable bonds is 4. The molecule has 0 aliphatic heterocycles. The van der Waals surface area contributed by atoms with Crippen LogP contribution in [-0.2, 0) is 0 Å². The predicted molar refractivity (Wildman–Crippen MR) is 208 cm³/mol. The molecule has 234 valence electrons. The van der Waals surface area contributed by atoms with Gasteiger partial charge in [-0.25, -0.2) is 4.85 Å². The number of nitriles is 2. The highest BCUT2D eigenvalue weighted by Gasteiger charge is 2.22. The van der Waals surface area contributed by atoms with Crippen LogP contribution in [0.1, 0.15) is 11.1 Å². The van der Waals surface area contributed by atoms with E-state index < -0.39 is 0 Å². The van der Waals surface area contributed by atoms with Gasteiger partial charge in [0, 0.05) is 22.0 Å². The van der Waals surface area contributed by atoms with Gasteiger partial charge in [0.2, 0.25) is 0 Å². The third kappa shape index (κ3) is 4.66. The Balaban J connectivity index is 1.31. The largest absolute Gasteiger partial charge is 0.309 e. The van der Waals surface area contributed by atoms with Gasteiger partial charge in [-0.15, -0.1) is 0 Å². The van der Waals surface area contributed by atoms with E-state index in [1.54, 1.807) is 6.07 Å².